The number of aliphatic carboxylic acids is 1. The Kier molecular flexibility index (Phi) is 13.2. The molecular weight excluding hydrogens is 332 g/mol. The molecule has 0 radical (unpaired) electrons. The van der Waals surface area contributed by atoms with Gasteiger partial charge in [-0.05, 0) is 12.0 Å². The molecule has 0 saturated heterocycles. The van der Waals surface area contributed by atoms with E-state index in [0.717, 1.165) is 0 Å². The molecule has 1 atom stereocenters. The third-order valence-electron chi connectivity index (χ3n) is 3.02. The normalized spacial score (nSPS) is 11.8. The Labute approximate surface area is 146 Å². The number of rotatable bonds is 16. The number of hydrogen-bond donors (Lipinski definition) is 2. The van der Waals surface area contributed by atoms with E-state index in [1.165, 1.54) is 0 Å². The fraction of sp³-hybridized carbons (Fsp3) is 0.800. The summed E-state index contributed by atoms with van der Waals surface area (Å²) < 4.78 is 10.3. The minimum atomic E-state index is -1.01. The summed E-state index contributed by atoms with van der Waals surface area (Å²) >= 11 is 0. The number of carboxylic acids is 1. The second kappa shape index (κ2) is 14.4. The molecule has 0 fully saturated rings. The highest BCUT2D eigenvalue weighted by molar-refractivity contribution is 6.39. The fourth-order valence-electron chi connectivity index (χ4n) is 1.91. The Morgan fingerprint density at radius 3 is 2.32 bits per heavy atom. The van der Waals surface area contributed by atoms with Crippen LogP contribution in [0.25, 0.3) is 10.4 Å². The van der Waals surface area contributed by atoms with Crippen molar-refractivity contribution in [3.8, 4) is 0 Å². The molecule has 0 aromatic rings. The molecular formula is C15H26N4O6. The van der Waals surface area contributed by atoms with E-state index in [4.69, 9.17) is 20.1 Å². The Hall–Kier alpha value is -2.00. The van der Waals surface area contributed by atoms with Gasteiger partial charge in [-0.1, -0.05) is 19.0 Å². The summed E-state index contributed by atoms with van der Waals surface area (Å²) in [6, 6.07) is -0.845. The minimum absolute atomic E-state index is 0.0469. The van der Waals surface area contributed by atoms with Gasteiger partial charge in [0.05, 0.1) is 32.5 Å². The van der Waals surface area contributed by atoms with Crippen molar-refractivity contribution in [3.05, 3.63) is 10.4 Å². The van der Waals surface area contributed by atoms with Crippen molar-refractivity contribution < 1.29 is 29.0 Å². The molecule has 0 bridgehead atoms. The molecule has 0 aliphatic carbocycles. The van der Waals surface area contributed by atoms with Gasteiger partial charge in [-0.15, -0.1) is 0 Å². The second-order valence-electron chi connectivity index (χ2n) is 5.52. The first-order valence-electron chi connectivity index (χ1n) is 8.09. The summed E-state index contributed by atoms with van der Waals surface area (Å²) in [5.41, 5.74) is 8.07. The summed E-state index contributed by atoms with van der Waals surface area (Å²) in [5.74, 6) is -2.23. The quantitative estimate of drug-likeness (QED) is 0.138. The van der Waals surface area contributed by atoms with E-state index in [-0.39, 0.29) is 51.7 Å². The molecule has 0 rings (SSSR count). The molecule has 142 valence electrons. The number of azide groups is 1. The van der Waals surface area contributed by atoms with Crippen LogP contribution < -0.4 is 5.32 Å². The second-order valence-corrected chi connectivity index (χ2v) is 5.52. The van der Waals surface area contributed by atoms with Crippen molar-refractivity contribution in [2.24, 2.45) is 5.11 Å². The monoisotopic (exact) mass is 358 g/mol. The van der Waals surface area contributed by atoms with Gasteiger partial charge in [0.2, 0.25) is 11.6 Å². The van der Waals surface area contributed by atoms with E-state index < -0.39 is 23.6 Å². The maximum absolute atomic E-state index is 12.1. The summed E-state index contributed by atoms with van der Waals surface area (Å²) in [6.45, 7) is 4.79. The van der Waals surface area contributed by atoms with Crippen molar-refractivity contribution in [3.63, 3.8) is 0 Å². The van der Waals surface area contributed by atoms with Gasteiger partial charge in [0.25, 0.3) is 0 Å². The maximum Gasteiger partial charge on any atom is 0.303 e. The third-order valence-corrected chi connectivity index (χ3v) is 3.02. The number of Topliss-reactive ketones (excluding diaryl/α,β-unsaturated/α-hetero) is 2. The third kappa shape index (κ3) is 13.0. The molecule has 0 aromatic carbocycles. The zero-order valence-corrected chi connectivity index (χ0v) is 14.6. The molecule has 2 N–H and O–H groups in total. The van der Waals surface area contributed by atoms with Crippen molar-refractivity contribution in [1.82, 2.24) is 5.32 Å². The van der Waals surface area contributed by atoms with Gasteiger partial charge in [0.1, 0.15) is 0 Å². The van der Waals surface area contributed by atoms with Crippen LogP contribution in [0.5, 0.6) is 0 Å². The lowest BCUT2D eigenvalue weighted by molar-refractivity contribution is -0.140. The van der Waals surface area contributed by atoms with E-state index in [9.17, 15) is 14.4 Å². The van der Waals surface area contributed by atoms with Crippen molar-refractivity contribution in [1.29, 1.82) is 0 Å². The molecule has 0 aromatic heterocycles. The minimum Gasteiger partial charge on any atom is -0.481 e. The van der Waals surface area contributed by atoms with E-state index in [2.05, 4.69) is 15.3 Å². The van der Waals surface area contributed by atoms with Gasteiger partial charge >= 0.3 is 5.97 Å². The zero-order valence-electron chi connectivity index (χ0n) is 14.6. The topological polar surface area (TPSA) is 151 Å². The van der Waals surface area contributed by atoms with Crippen LogP contribution in [0.1, 0.15) is 33.1 Å². The van der Waals surface area contributed by atoms with Crippen LogP contribution in [0.15, 0.2) is 5.11 Å². The van der Waals surface area contributed by atoms with Crippen LogP contribution in [-0.2, 0) is 23.9 Å². The largest absolute Gasteiger partial charge is 0.481 e. The van der Waals surface area contributed by atoms with Crippen LogP contribution in [0.4, 0.5) is 0 Å². The maximum atomic E-state index is 12.1. The van der Waals surface area contributed by atoms with Gasteiger partial charge in [0, 0.05) is 30.3 Å². The lowest BCUT2D eigenvalue weighted by atomic mass is 10.0. The molecule has 10 nitrogen and oxygen atoms in total. The number of ketones is 2. The van der Waals surface area contributed by atoms with Gasteiger partial charge in [-0.3, -0.25) is 14.4 Å². The first-order valence-corrected chi connectivity index (χ1v) is 8.09. The highest BCUT2D eigenvalue weighted by atomic mass is 16.5. The van der Waals surface area contributed by atoms with Gasteiger partial charge in [-0.25, -0.2) is 0 Å². The molecule has 0 aliphatic heterocycles. The average molecular weight is 358 g/mol. The van der Waals surface area contributed by atoms with Gasteiger partial charge in [0.15, 0.2) is 0 Å². The Morgan fingerprint density at radius 1 is 1.12 bits per heavy atom. The van der Waals surface area contributed by atoms with E-state index >= 15 is 0 Å². The van der Waals surface area contributed by atoms with Crippen LogP contribution in [0, 0.1) is 0 Å². The number of carboxylic acid groups (broad SMARTS) is 1. The number of ether oxygens (including phenoxy) is 2. The number of carbonyl (C=O) groups excluding carboxylic acids is 2. The van der Waals surface area contributed by atoms with Crippen LogP contribution in [-0.4, -0.2) is 67.7 Å². The van der Waals surface area contributed by atoms with Crippen molar-refractivity contribution >= 4 is 17.5 Å². The Bertz CT molecular complexity index is 477. The number of carbonyl (C=O) groups is 3. The molecule has 0 amide bonds. The van der Waals surface area contributed by atoms with E-state index in [1.54, 1.807) is 0 Å². The van der Waals surface area contributed by atoms with Crippen LogP contribution in [0.2, 0.25) is 0 Å². The lowest BCUT2D eigenvalue weighted by Gasteiger charge is -2.18. The number of nitrogens with one attached hydrogen (secondary N) is 1. The standard InChI is InChI=1S/C15H26N4O6/c1-11(2)18-12(3-4-14(21)22)15(23)13(20)5-7-24-9-10-25-8-6-17-19-16/h11-12,18H,3-10H2,1-2H3,(H,21,22)/t12-/m0/s1. The predicted octanol–water partition coefficient (Wildman–Crippen LogP) is 1.09. The van der Waals surface area contributed by atoms with Crippen LogP contribution in [0.3, 0.4) is 0 Å². The zero-order chi connectivity index (χ0) is 19.1. The van der Waals surface area contributed by atoms with Crippen molar-refractivity contribution in [2.45, 2.75) is 45.2 Å². The van der Waals surface area contributed by atoms with E-state index in [1.807, 2.05) is 13.8 Å². The molecule has 10 heteroatoms. The summed E-state index contributed by atoms with van der Waals surface area (Å²) in [5, 5.41) is 15.0. The van der Waals surface area contributed by atoms with E-state index in [0.29, 0.717) is 6.61 Å². The van der Waals surface area contributed by atoms with Gasteiger partial charge in [-0.2, -0.15) is 0 Å². The molecule has 25 heavy (non-hydrogen) atoms. The first-order chi connectivity index (χ1) is 11.9. The Morgan fingerprint density at radius 2 is 1.76 bits per heavy atom. The summed E-state index contributed by atoms with van der Waals surface area (Å²) in [4.78, 5) is 37.3. The summed E-state index contributed by atoms with van der Waals surface area (Å²) in [6.07, 6.45) is -0.189. The molecule has 0 unspecified atom stereocenters. The smallest absolute Gasteiger partial charge is 0.303 e. The highest BCUT2D eigenvalue weighted by Gasteiger charge is 2.25. The average Bonchev–Trinajstić information content (AvgIpc) is 2.55. The first kappa shape index (κ1) is 23.0. The summed E-state index contributed by atoms with van der Waals surface area (Å²) in [7, 11) is 0. The van der Waals surface area contributed by atoms with Crippen LogP contribution >= 0.6 is 0 Å². The molecule has 0 heterocycles. The predicted molar refractivity (Wildman–Crippen MR) is 89.2 cm³/mol. The highest BCUT2D eigenvalue weighted by Crippen LogP contribution is 2.04. The number of hydrogen-bond acceptors (Lipinski definition) is 7. The lowest BCUT2D eigenvalue weighted by Crippen LogP contribution is -2.44. The van der Waals surface area contributed by atoms with Crippen molar-refractivity contribution in [2.75, 3.05) is 33.0 Å². The fourth-order valence-corrected chi connectivity index (χ4v) is 1.91. The molecule has 0 aliphatic rings. The Balaban J connectivity index is 4.05. The number of nitrogens with zero attached hydrogens (tertiary/aromatic N) is 3. The SMILES string of the molecule is CC(C)N[C@@H](CCC(=O)O)C(=O)C(=O)CCOCCOCCN=[N+]=[N-]. The molecule has 0 spiro atoms. The molecule has 0 saturated carbocycles. The van der Waals surface area contributed by atoms with Gasteiger partial charge < -0.3 is 19.9 Å².